The highest BCUT2D eigenvalue weighted by atomic mass is 16.5. The van der Waals surface area contributed by atoms with Crippen LogP contribution in [0.3, 0.4) is 0 Å². The molecule has 1 aliphatic rings. The Morgan fingerprint density at radius 3 is 2.55 bits per heavy atom. The number of hydrogen-bond acceptors (Lipinski definition) is 3. The molecule has 1 heterocycles. The van der Waals surface area contributed by atoms with E-state index in [4.69, 9.17) is 4.74 Å². The fourth-order valence-corrected chi connectivity index (χ4v) is 2.63. The lowest BCUT2D eigenvalue weighted by molar-refractivity contribution is -0.143. The van der Waals surface area contributed by atoms with Crippen LogP contribution in [0.2, 0.25) is 0 Å². The van der Waals surface area contributed by atoms with Crippen molar-refractivity contribution in [3.05, 3.63) is 35.4 Å². The Balaban J connectivity index is 2.00. The van der Waals surface area contributed by atoms with Crippen molar-refractivity contribution in [1.29, 1.82) is 0 Å². The molecule has 4 heteroatoms. The van der Waals surface area contributed by atoms with E-state index in [-0.39, 0.29) is 6.04 Å². The Bertz CT molecular complexity index is 455. The minimum absolute atomic E-state index is 0.0442. The van der Waals surface area contributed by atoms with Gasteiger partial charge in [0.25, 0.3) is 0 Å². The fourth-order valence-electron chi connectivity index (χ4n) is 2.63. The Morgan fingerprint density at radius 1 is 1.35 bits per heavy atom. The number of ether oxygens (including phenoxy) is 1. The van der Waals surface area contributed by atoms with Crippen LogP contribution in [0.1, 0.15) is 30.9 Å². The number of likely N-dealkylation sites (N-methyl/N-ethyl adjacent to an activating group) is 1. The second-order valence-corrected chi connectivity index (χ2v) is 5.86. The van der Waals surface area contributed by atoms with Gasteiger partial charge in [0.15, 0.2) is 0 Å². The van der Waals surface area contributed by atoms with E-state index in [1.807, 2.05) is 7.05 Å². The van der Waals surface area contributed by atoms with Crippen molar-refractivity contribution < 1.29 is 14.6 Å². The van der Waals surface area contributed by atoms with Gasteiger partial charge in [-0.3, -0.25) is 9.69 Å². The summed E-state index contributed by atoms with van der Waals surface area (Å²) in [4.78, 5) is 13.3. The monoisotopic (exact) mass is 277 g/mol. The van der Waals surface area contributed by atoms with Crippen molar-refractivity contribution in [1.82, 2.24) is 4.90 Å². The van der Waals surface area contributed by atoms with Gasteiger partial charge in [0.1, 0.15) is 0 Å². The third-order valence-corrected chi connectivity index (χ3v) is 4.01. The SMILES string of the molecule is CC(C)c1ccc(CN(C)C2COCC2C(=O)O)cc1. The molecule has 0 radical (unpaired) electrons. The third-order valence-electron chi connectivity index (χ3n) is 4.01. The summed E-state index contributed by atoms with van der Waals surface area (Å²) in [6.07, 6.45) is 0. The number of aliphatic carboxylic acids is 1. The molecule has 20 heavy (non-hydrogen) atoms. The highest BCUT2D eigenvalue weighted by Crippen LogP contribution is 2.21. The molecule has 1 saturated heterocycles. The van der Waals surface area contributed by atoms with E-state index >= 15 is 0 Å². The van der Waals surface area contributed by atoms with E-state index < -0.39 is 11.9 Å². The maximum Gasteiger partial charge on any atom is 0.310 e. The number of hydrogen-bond donors (Lipinski definition) is 1. The quantitative estimate of drug-likeness (QED) is 0.897. The first-order valence-corrected chi connectivity index (χ1v) is 7.08. The number of benzene rings is 1. The van der Waals surface area contributed by atoms with Gasteiger partial charge in [-0.25, -0.2) is 0 Å². The predicted octanol–water partition coefficient (Wildman–Crippen LogP) is 2.34. The predicted molar refractivity (Wildman–Crippen MR) is 77.7 cm³/mol. The molecule has 1 aromatic carbocycles. The van der Waals surface area contributed by atoms with Crippen LogP contribution >= 0.6 is 0 Å². The molecule has 0 aliphatic carbocycles. The van der Waals surface area contributed by atoms with Gasteiger partial charge >= 0.3 is 5.97 Å². The molecule has 1 aromatic rings. The summed E-state index contributed by atoms with van der Waals surface area (Å²) in [6.45, 7) is 5.91. The molecule has 0 bridgehead atoms. The van der Waals surface area contributed by atoms with Gasteiger partial charge in [-0.2, -0.15) is 0 Å². The van der Waals surface area contributed by atoms with Gasteiger partial charge in [0.2, 0.25) is 0 Å². The summed E-state index contributed by atoms with van der Waals surface area (Å²) in [5, 5.41) is 9.19. The molecule has 2 unspecified atom stereocenters. The number of nitrogens with zero attached hydrogens (tertiary/aromatic N) is 1. The summed E-state index contributed by atoms with van der Waals surface area (Å²) in [5.74, 6) is -0.661. The van der Waals surface area contributed by atoms with Crippen molar-refractivity contribution in [3.8, 4) is 0 Å². The molecule has 2 atom stereocenters. The van der Waals surface area contributed by atoms with Crippen molar-refractivity contribution >= 4 is 5.97 Å². The molecule has 1 N–H and O–H groups in total. The molecule has 0 spiro atoms. The first-order valence-electron chi connectivity index (χ1n) is 7.08. The van der Waals surface area contributed by atoms with Crippen LogP contribution in [-0.2, 0) is 16.1 Å². The molecule has 110 valence electrons. The molecular formula is C16H23NO3. The molecule has 0 aromatic heterocycles. The standard InChI is InChI=1S/C16H23NO3/c1-11(2)13-6-4-12(5-7-13)8-17(3)15-10-20-9-14(15)16(18)19/h4-7,11,14-15H,8-10H2,1-3H3,(H,18,19). The number of rotatable bonds is 5. The Morgan fingerprint density at radius 2 is 2.00 bits per heavy atom. The summed E-state index contributed by atoms with van der Waals surface area (Å²) in [5.41, 5.74) is 2.52. The average Bonchev–Trinajstić information content (AvgIpc) is 2.88. The van der Waals surface area contributed by atoms with E-state index in [9.17, 15) is 9.90 Å². The summed E-state index contributed by atoms with van der Waals surface area (Å²) in [7, 11) is 1.96. The van der Waals surface area contributed by atoms with E-state index in [1.54, 1.807) is 0 Å². The molecule has 2 rings (SSSR count). The molecular weight excluding hydrogens is 254 g/mol. The van der Waals surface area contributed by atoms with Gasteiger partial charge in [0, 0.05) is 12.6 Å². The van der Waals surface area contributed by atoms with Crippen LogP contribution in [0.5, 0.6) is 0 Å². The van der Waals surface area contributed by atoms with Crippen LogP contribution < -0.4 is 0 Å². The second kappa shape index (κ2) is 6.37. The van der Waals surface area contributed by atoms with Gasteiger partial charge in [0.05, 0.1) is 19.1 Å². The van der Waals surface area contributed by atoms with Crippen LogP contribution in [0, 0.1) is 5.92 Å². The Labute approximate surface area is 120 Å². The summed E-state index contributed by atoms with van der Waals surface area (Å²) < 4.78 is 5.32. The minimum atomic E-state index is -0.769. The Kier molecular flexibility index (Phi) is 4.78. The highest BCUT2D eigenvalue weighted by molar-refractivity contribution is 5.71. The van der Waals surface area contributed by atoms with E-state index in [2.05, 4.69) is 43.0 Å². The molecule has 0 amide bonds. The smallest absolute Gasteiger partial charge is 0.310 e. The minimum Gasteiger partial charge on any atom is -0.481 e. The van der Waals surface area contributed by atoms with Crippen molar-refractivity contribution in [2.24, 2.45) is 5.92 Å². The van der Waals surface area contributed by atoms with E-state index in [0.29, 0.717) is 19.1 Å². The number of carbonyl (C=O) groups is 1. The lowest BCUT2D eigenvalue weighted by atomic mass is 10.00. The zero-order valence-corrected chi connectivity index (χ0v) is 12.4. The van der Waals surface area contributed by atoms with Crippen molar-refractivity contribution in [2.75, 3.05) is 20.3 Å². The maximum absolute atomic E-state index is 11.2. The van der Waals surface area contributed by atoms with Gasteiger partial charge in [-0.05, 0) is 24.1 Å². The van der Waals surface area contributed by atoms with Gasteiger partial charge in [-0.15, -0.1) is 0 Å². The van der Waals surface area contributed by atoms with Crippen LogP contribution in [-0.4, -0.2) is 42.3 Å². The van der Waals surface area contributed by atoms with Crippen LogP contribution in [0.4, 0.5) is 0 Å². The fraction of sp³-hybridized carbons (Fsp3) is 0.562. The molecule has 1 fully saturated rings. The third kappa shape index (κ3) is 3.38. The maximum atomic E-state index is 11.2. The zero-order chi connectivity index (χ0) is 14.7. The average molecular weight is 277 g/mol. The molecule has 0 saturated carbocycles. The summed E-state index contributed by atoms with van der Waals surface area (Å²) >= 11 is 0. The molecule has 1 aliphatic heterocycles. The van der Waals surface area contributed by atoms with Crippen LogP contribution in [0.25, 0.3) is 0 Å². The van der Waals surface area contributed by atoms with E-state index in [1.165, 1.54) is 11.1 Å². The first-order chi connectivity index (χ1) is 9.49. The van der Waals surface area contributed by atoms with Crippen molar-refractivity contribution in [3.63, 3.8) is 0 Å². The van der Waals surface area contributed by atoms with Crippen molar-refractivity contribution in [2.45, 2.75) is 32.4 Å². The topological polar surface area (TPSA) is 49.8 Å². The largest absolute Gasteiger partial charge is 0.481 e. The lowest BCUT2D eigenvalue weighted by Gasteiger charge is -2.26. The number of carboxylic acid groups (broad SMARTS) is 1. The zero-order valence-electron chi connectivity index (χ0n) is 12.4. The normalized spacial score (nSPS) is 22.6. The lowest BCUT2D eigenvalue weighted by Crippen LogP contribution is -2.40. The van der Waals surface area contributed by atoms with E-state index in [0.717, 1.165) is 6.54 Å². The number of carboxylic acids is 1. The Hall–Kier alpha value is -1.39. The van der Waals surface area contributed by atoms with Gasteiger partial charge in [-0.1, -0.05) is 38.1 Å². The van der Waals surface area contributed by atoms with Crippen LogP contribution in [0.15, 0.2) is 24.3 Å². The van der Waals surface area contributed by atoms with Gasteiger partial charge < -0.3 is 9.84 Å². The summed E-state index contributed by atoms with van der Waals surface area (Å²) in [6, 6.07) is 8.49. The second-order valence-electron chi connectivity index (χ2n) is 5.86. The molecule has 4 nitrogen and oxygen atoms in total. The first kappa shape index (κ1) is 15.0. The highest BCUT2D eigenvalue weighted by Gasteiger charge is 2.36.